The number of halogens is 2. The van der Waals surface area contributed by atoms with Crippen LogP contribution in [0.2, 0.25) is 5.02 Å². The van der Waals surface area contributed by atoms with Gasteiger partial charge in [0.05, 0.1) is 11.6 Å². The van der Waals surface area contributed by atoms with E-state index in [1.54, 1.807) is 18.2 Å². The Labute approximate surface area is 106 Å². The highest BCUT2D eigenvalue weighted by Crippen LogP contribution is 2.27. The quantitative estimate of drug-likeness (QED) is 0.856. The van der Waals surface area contributed by atoms with Crippen LogP contribution in [0, 0.1) is 0 Å². The van der Waals surface area contributed by atoms with Gasteiger partial charge in [0.15, 0.2) is 0 Å². The van der Waals surface area contributed by atoms with Crippen molar-refractivity contribution in [2.75, 3.05) is 18.0 Å². The van der Waals surface area contributed by atoms with Gasteiger partial charge >= 0.3 is 0 Å². The first-order valence-electron chi connectivity index (χ1n) is 4.60. The average Bonchev–Trinajstić information content (AvgIpc) is 2.26. The molecule has 6 heteroatoms. The average molecular weight is 304 g/mol. The summed E-state index contributed by atoms with van der Waals surface area (Å²) in [7, 11) is 0. The molecule has 0 bridgehead atoms. The lowest BCUT2D eigenvalue weighted by atomic mass is 10.2. The summed E-state index contributed by atoms with van der Waals surface area (Å²) in [5, 5.41) is 3.00. The predicted octanol–water partition coefficient (Wildman–Crippen LogP) is 1.57. The van der Waals surface area contributed by atoms with Crippen molar-refractivity contribution >= 4 is 45.0 Å². The lowest BCUT2D eigenvalue weighted by Gasteiger charge is -2.26. The molecule has 1 aromatic rings. The largest absolute Gasteiger partial charge is 0.345 e. The van der Waals surface area contributed by atoms with E-state index in [1.165, 1.54) is 4.90 Å². The molecule has 2 amide bonds. The molecule has 1 aromatic carbocycles. The third-order valence-electron chi connectivity index (χ3n) is 2.25. The summed E-state index contributed by atoms with van der Waals surface area (Å²) >= 11 is 9.20. The Morgan fingerprint density at radius 1 is 1.38 bits per heavy atom. The molecule has 0 atom stereocenters. The van der Waals surface area contributed by atoms with E-state index >= 15 is 0 Å². The van der Waals surface area contributed by atoms with Crippen molar-refractivity contribution in [3.63, 3.8) is 0 Å². The molecule has 4 nitrogen and oxygen atoms in total. The number of nitrogens with one attached hydrogen (secondary N) is 1. The molecule has 1 aliphatic heterocycles. The second kappa shape index (κ2) is 4.43. The maximum absolute atomic E-state index is 11.6. The third-order valence-corrected chi connectivity index (χ3v) is 3.49. The van der Waals surface area contributed by atoms with Crippen LogP contribution < -0.4 is 10.2 Å². The molecule has 0 unspecified atom stereocenters. The normalized spacial score (nSPS) is 16.2. The molecule has 1 heterocycles. The van der Waals surface area contributed by atoms with E-state index < -0.39 is 0 Å². The van der Waals surface area contributed by atoms with E-state index in [-0.39, 0.29) is 24.9 Å². The van der Waals surface area contributed by atoms with Crippen LogP contribution in [-0.2, 0) is 9.59 Å². The van der Waals surface area contributed by atoms with E-state index in [0.717, 1.165) is 4.47 Å². The first kappa shape index (κ1) is 11.4. The molecule has 0 radical (unpaired) electrons. The molecular weight excluding hydrogens is 295 g/mol. The summed E-state index contributed by atoms with van der Waals surface area (Å²) in [6.07, 6.45) is 0. The van der Waals surface area contributed by atoms with Gasteiger partial charge in [-0.3, -0.25) is 9.59 Å². The van der Waals surface area contributed by atoms with Crippen LogP contribution in [0.25, 0.3) is 0 Å². The van der Waals surface area contributed by atoms with Crippen LogP contribution in [0.1, 0.15) is 0 Å². The van der Waals surface area contributed by atoms with Crippen LogP contribution >= 0.6 is 27.5 Å². The van der Waals surface area contributed by atoms with Crippen molar-refractivity contribution < 1.29 is 9.59 Å². The molecular formula is C10H8BrClN2O2. The molecule has 2 rings (SSSR count). The summed E-state index contributed by atoms with van der Waals surface area (Å²) in [5.41, 5.74) is 0.632. The lowest BCUT2D eigenvalue weighted by Crippen LogP contribution is -2.51. The fraction of sp³-hybridized carbons (Fsp3) is 0.200. The number of carbonyl (C=O) groups is 2. The highest BCUT2D eigenvalue weighted by molar-refractivity contribution is 9.10. The molecule has 0 aromatic heterocycles. The van der Waals surface area contributed by atoms with Gasteiger partial charge in [-0.05, 0) is 34.1 Å². The van der Waals surface area contributed by atoms with Crippen molar-refractivity contribution in [1.29, 1.82) is 0 Å². The minimum atomic E-state index is -0.168. The number of piperazine rings is 1. The Kier molecular flexibility index (Phi) is 3.16. The van der Waals surface area contributed by atoms with Gasteiger partial charge in [-0.25, -0.2) is 0 Å². The summed E-state index contributed by atoms with van der Waals surface area (Å²) in [5.74, 6) is -0.309. The van der Waals surface area contributed by atoms with Crippen LogP contribution in [-0.4, -0.2) is 24.9 Å². The van der Waals surface area contributed by atoms with Gasteiger partial charge in [0, 0.05) is 10.2 Å². The van der Waals surface area contributed by atoms with Crippen molar-refractivity contribution in [2.24, 2.45) is 0 Å². The fourth-order valence-electron chi connectivity index (χ4n) is 1.45. The van der Waals surface area contributed by atoms with Gasteiger partial charge in [-0.1, -0.05) is 11.6 Å². The number of amides is 2. The molecule has 0 saturated carbocycles. The first-order chi connectivity index (χ1) is 7.58. The van der Waals surface area contributed by atoms with E-state index in [9.17, 15) is 9.59 Å². The molecule has 1 saturated heterocycles. The zero-order valence-corrected chi connectivity index (χ0v) is 10.5. The van der Waals surface area contributed by atoms with Crippen LogP contribution in [0.15, 0.2) is 22.7 Å². The molecule has 1 aliphatic rings. The minimum Gasteiger partial charge on any atom is -0.345 e. The van der Waals surface area contributed by atoms with Crippen molar-refractivity contribution in [3.8, 4) is 0 Å². The molecule has 0 spiro atoms. The zero-order chi connectivity index (χ0) is 11.7. The fourth-order valence-corrected chi connectivity index (χ4v) is 1.87. The van der Waals surface area contributed by atoms with Crippen molar-refractivity contribution in [1.82, 2.24) is 5.32 Å². The zero-order valence-electron chi connectivity index (χ0n) is 8.17. The third kappa shape index (κ3) is 2.20. The summed E-state index contributed by atoms with van der Waals surface area (Å²) in [6, 6.07) is 5.14. The van der Waals surface area contributed by atoms with E-state index in [2.05, 4.69) is 21.2 Å². The number of hydrogen-bond donors (Lipinski definition) is 1. The topological polar surface area (TPSA) is 49.4 Å². The minimum absolute atomic E-state index is 0.0342. The molecule has 1 fully saturated rings. The number of hydrogen-bond acceptors (Lipinski definition) is 2. The molecule has 0 aliphatic carbocycles. The molecule has 1 N–H and O–H groups in total. The maximum Gasteiger partial charge on any atom is 0.246 e. The van der Waals surface area contributed by atoms with Gasteiger partial charge in [0.2, 0.25) is 11.8 Å². The van der Waals surface area contributed by atoms with Gasteiger partial charge < -0.3 is 10.2 Å². The van der Waals surface area contributed by atoms with E-state index in [1.807, 2.05) is 0 Å². The predicted molar refractivity (Wildman–Crippen MR) is 64.5 cm³/mol. The number of rotatable bonds is 1. The van der Waals surface area contributed by atoms with E-state index in [0.29, 0.717) is 10.7 Å². The smallest absolute Gasteiger partial charge is 0.246 e. The summed E-state index contributed by atoms with van der Waals surface area (Å²) in [6.45, 7) is 0.0727. The second-order valence-corrected chi connectivity index (χ2v) is 4.62. The number of anilines is 1. The Hall–Kier alpha value is -1.07. The molecule has 84 valence electrons. The van der Waals surface area contributed by atoms with Crippen LogP contribution in [0.5, 0.6) is 0 Å². The first-order valence-corrected chi connectivity index (χ1v) is 5.77. The van der Waals surface area contributed by atoms with Crippen LogP contribution in [0.4, 0.5) is 5.69 Å². The monoisotopic (exact) mass is 302 g/mol. The van der Waals surface area contributed by atoms with Gasteiger partial charge in [-0.15, -0.1) is 0 Å². The van der Waals surface area contributed by atoms with Gasteiger partial charge in [0.1, 0.15) is 6.54 Å². The molecule has 16 heavy (non-hydrogen) atoms. The Morgan fingerprint density at radius 2 is 2.12 bits per heavy atom. The summed E-state index contributed by atoms with van der Waals surface area (Å²) in [4.78, 5) is 24.2. The number of nitrogens with zero attached hydrogens (tertiary/aromatic N) is 1. The highest BCUT2D eigenvalue weighted by Gasteiger charge is 2.24. The SMILES string of the molecule is O=C1CN(c2ccc(Br)c(Cl)c2)C(=O)CN1. The van der Waals surface area contributed by atoms with E-state index in [4.69, 9.17) is 11.6 Å². The Bertz CT molecular complexity index is 464. The maximum atomic E-state index is 11.6. The van der Waals surface area contributed by atoms with Crippen molar-refractivity contribution in [3.05, 3.63) is 27.7 Å². The number of carbonyl (C=O) groups excluding carboxylic acids is 2. The highest BCUT2D eigenvalue weighted by atomic mass is 79.9. The lowest BCUT2D eigenvalue weighted by molar-refractivity contribution is -0.128. The summed E-state index contributed by atoms with van der Waals surface area (Å²) < 4.78 is 0.756. The standard InChI is InChI=1S/C10H8BrClN2O2/c11-7-2-1-6(3-8(7)12)14-5-9(15)13-4-10(14)16/h1-3H,4-5H2,(H,13,15). The van der Waals surface area contributed by atoms with Gasteiger partial charge in [0.25, 0.3) is 0 Å². The van der Waals surface area contributed by atoms with Gasteiger partial charge in [-0.2, -0.15) is 0 Å². The Balaban J connectivity index is 2.31. The van der Waals surface area contributed by atoms with Crippen molar-refractivity contribution in [2.45, 2.75) is 0 Å². The second-order valence-electron chi connectivity index (χ2n) is 3.36. The van der Waals surface area contributed by atoms with Crippen LogP contribution in [0.3, 0.4) is 0 Å². The number of benzene rings is 1. The Morgan fingerprint density at radius 3 is 2.81 bits per heavy atom.